The lowest BCUT2D eigenvalue weighted by Crippen LogP contribution is -2.48. The van der Waals surface area contributed by atoms with Crippen LogP contribution >= 0.6 is 15.9 Å². The first-order valence-electron chi connectivity index (χ1n) is 9.64. The zero-order chi connectivity index (χ0) is 22.1. The average Bonchev–Trinajstić information content (AvgIpc) is 2.71. The quantitative estimate of drug-likeness (QED) is 0.417. The van der Waals surface area contributed by atoms with E-state index in [9.17, 15) is 14.0 Å². The van der Waals surface area contributed by atoms with E-state index in [4.69, 9.17) is 4.74 Å². The fourth-order valence-electron chi connectivity index (χ4n) is 2.60. The van der Waals surface area contributed by atoms with Crippen LogP contribution < -0.4 is 15.5 Å². The highest BCUT2D eigenvalue weighted by Crippen LogP contribution is 2.22. The zero-order valence-electron chi connectivity index (χ0n) is 17.1. The van der Waals surface area contributed by atoms with Crippen LogP contribution in [0.15, 0.2) is 52.0 Å². The van der Waals surface area contributed by atoms with Gasteiger partial charge in [0, 0.05) is 10.0 Å². The molecule has 2 amide bonds. The van der Waals surface area contributed by atoms with Gasteiger partial charge >= 0.3 is 0 Å². The van der Waals surface area contributed by atoms with E-state index >= 15 is 0 Å². The fourth-order valence-corrected chi connectivity index (χ4v) is 2.98. The van der Waals surface area contributed by atoms with Gasteiger partial charge in [-0.1, -0.05) is 48.8 Å². The van der Waals surface area contributed by atoms with E-state index in [2.05, 4.69) is 31.8 Å². The first kappa shape index (κ1) is 23.5. The zero-order valence-corrected chi connectivity index (χ0v) is 18.7. The summed E-state index contributed by atoms with van der Waals surface area (Å²) in [4.78, 5) is 24.9. The van der Waals surface area contributed by atoms with Crippen molar-refractivity contribution in [1.29, 1.82) is 0 Å². The summed E-state index contributed by atoms with van der Waals surface area (Å²) in [5, 5.41) is 6.57. The van der Waals surface area contributed by atoms with Crippen molar-refractivity contribution in [3.63, 3.8) is 0 Å². The fraction of sp³-hybridized carbons (Fsp3) is 0.318. The number of hydrogen-bond donors (Lipinski definition) is 2. The summed E-state index contributed by atoms with van der Waals surface area (Å²) < 4.78 is 20.4. The minimum atomic E-state index is -0.882. The molecule has 0 spiro atoms. The van der Waals surface area contributed by atoms with E-state index < -0.39 is 23.7 Å². The molecule has 1 atom stereocenters. The van der Waals surface area contributed by atoms with E-state index in [-0.39, 0.29) is 11.5 Å². The minimum absolute atomic E-state index is 0.119. The van der Waals surface area contributed by atoms with E-state index in [1.807, 2.05) is 25.1 Å². The maximum absolute atomic E-state index is 13.8. The summed E-state index contributed by atoms with van der Waals surface area (Å²) in [5.41, 5.74) is 3.01. The van der Waals surface area contributed by atoms with Crippen LogP contribution in [0.4, 0.5) is 4.39 Å². The van der Waals surface area contributed by atoms with Crippen LogP contribution in [0.2, 0.25) is 0 Å². The Labute approximate surface area is 184 Å². The molecule has 0 aliphatic heterocycles. The van der Waals surface area contributed by atoms with Gasteiger partial charge in [-0.05, 0) is 42.7 Å². The summed E-state index contributed by atoms with van der Waals surface area (Å²) >= 11 is 3.40. The number of ether oxygens (including phenoxy) is 1. The van der Waals surface area contributed by atoms with Gasteiger partial charge < -0.3 is 10.1 Å². The van der Waals surface area contributed by atoms with Crippen molar-refractivity contribution in [1.82, 2.24) is 10.7 Å². The van der Waals surface area contributed by atoms with Gasteiger partial charge in [-0.15, -0.1) is 0 Å². The predicted octanol–water partition coefficient (Wildman–Crippen LogP) is 4.28. The van der Waals surface area contributed by atoms with Crippen molar-refractivity contribution < 1.29 is 18.7 Å². The molecular weight excluding hydrogens is 453 g/mol. The van der Waals surface area contributed by atoms with Gasteiger partial charge in [0.15, 0.2) is 0 Å². The number of carbonyl (C=O) groups excluding carboxylic acids is 2. The standard InChI is InChI=1S/C22H25BrFN3O3/c1-4-11-30-19-10-9-16(23)12-15(19)13-25-27-22(29)20(14(2)3)26-21(28)17-7-5-6-8-18(17)24/h5-10,12-14,20H,4,11H2,1-3H3,(H,26,28)(H,27,29)/b25-13+. The summed E-state index contributed by atoms with van der Waals surface area (Å²) in [6, 6.07) is 10.2. The molecule has 0 radical (unpaired) electrons. The molecule has 2 rings (SSSR count). The molecule has 2 N–H and O–H groups in total. The molecule has 0 aromatic heterocycles. The maximum Gasteiger partial charge on any atom is 0.262 e. The van der Waals surface area contributed by atoms with E-state index in [1.54, 1.807) is 19.9 Å². The van der Waals surface area contributed by atoms with Crippen molar-refractivity contribution in [2.75, 3.05) is 6.61 Å². The number of rotatable bonds is 9. The number of hydrogen-bond acceptors (Lipinski definition) is 4. The number of carbonyl (C=O) groups is 2. The highest BCUT2D eigenvalue weighted by atomic mass is 79.9. The molecule has 8 heteroatoms. The summed E-state index contributed by atoms with van der Waals surface area (Å²) in [6.45, 7) is 6.13. The molecule has 0 fully saturated rings. The van der Waals surface area contributed by atoms with Crippen molar-refractivity contribution in [3.8, 4) is 5.75 Å². The molecule has 0 heterocycles. The minimum Gasteiger partial charge on any atom is -0.493 e. The number of nitrogens with one attached hydrogen (secondary N) is 2. The van der Waals surface area contributed by atoms with Crippen molar-refractivity contribution in [2.45, 2.75) is 33.2 Å². The average molecular weight is 478 g/mol. The molecule has 0 saturated heterocycles. The molecule has 1 unspecified atom stereocenters. The third-order valence-electron chi connectivity index (χ3n) is 4.17. The Morgan fingerprint density at radius 2 is 1.97 bits per heavy atom. The Morgan fingerprint density at radius 1 is 1.23 bits per heavy atom. The SMILES string of the molecule is CCCOc1ccc(Br)cc1/C=N/NC(=O)C(NC(=O)c1ccccc1F)C(C)C. The van der Waals surface area contributed by atoms with Gasteiger partial charge in [0.25, 0.3) is 11.8 Å². The first-order valence-corrected chi connectivity index (χ1v) is 10.4. The Bertz CT molecular complexity index is 918. The van der Waals surface area contributed by atoms with Gasteiger partial charge in [0.05, 0.1) is 18.4 Å². The van der Waals surface area contributed by atoms with Crippen molar-refractivity contribution >= 4 is 34.0 Å². The lowest BCUT2D eigenvalue weighted by molar-refractivity contribution is -0.123. The van der Waals surface area contributed by atoms with Crippen LogP contribution in [0.1, 0.15) is 43.1 Å². The molecule has 0 bridgehead atoms. The maximum atomic E-state index is 13.8. The third kappa shape index (κ3) is 6.66. The van der Waals surface area contributed by atoms with E-state index in [0.29, 0.717) is 17.9 Å². The lowest BCUT2D eigenvalue weighted by Gasteiger charge is -2.20. The number of benzene rings is 2. The molecule has 0 saturated carbocycles. The van der Waals surface area contributed by atoms with Gasteiger partial charge in [0.1, 0.15) is 17.6 Å². The second kappa shape index (κ2) is 11.4. The highest BCUT2D eigenvalue weighted by molar-refractivity contribution is 9.10. The Morgan fingerprint density at radius 3 is 2.63 bits per heavy atom. The van der Waals surface area contributed by atoms with Crippen LogP contribution in [0.25, 0.3) is 0 Å². The topological polar surface area (TPSA) is 79.8 Å². The van der Waals surface area contributed by atoms with Gasteiger partial charge in [-0.2, -0.15) is 5.10 Å². The summed E-state index contributed by atoms with van der Waals surface area (Å²) in [6.07, 6.45) is 2.34. The number of nitrogens with zero attached hydrogens (tertiary/aromatic N) is 1. The van der Waals surface area contributed by atoms with E-state index in [0.717, 1.165) is 10.9 Å². The number of amides is 2. The van der Waals surface area contributed by atoms with Crippen LogP contribution in [-0.2, 0) is 4.79 Å². The van der Waals surface area contributed by atoms with Crippen LogP contribution in [-0.4, -0.2) is 30.7 Å². The Hall–Kier alpha value is -2.74. The van der Waals surface area contributed by atoms with Crippen molar-refractivity contribution in [2.24, 2.45) is 11.0 Å². The lowest BCUT2D eigenvalue weighted by atomic mass is 10.0. The summed E-state index contributed by atoms with van der Waals surface area (Å²) in [7, 11) is 0. The smallest absolute Gasteiger partial charge is 0.262 e. The van der Waals surface area contributed by atoms with Crippen LogP contribution in [0, 0.1) is 11.7 Å². The molecule has 160 valence electrons. The predicted molar refractivity (Wildman–Crippen MR) is 118 cm³/mol. The monoisotopic (exact) mass is 477 g/mol. The van der Waals surface area contributed by atoms with Gasteiger partial charge in [-0.25, -0.2) is 9.82 Å². The normalized spacial score (nSPS) is 12.1. The molecule has 0 aliphatic rings. The molecule has 2 aromatic carbocycles. The Kier molecular flexibility index (Phi) is 8.98. The second-order valence-corrected chi connectivity index (χ2v) is 7.86. The van der Waals surface area contributed by atoms with Gasteiger partial charge in [0.2, 0.25) is 0 Å². The molecular formula is C22H25BrFN3O3. The largest absolute Gasteiger partial charge is 0.493 e. The second-order valence-electron chi connectivity index (χ2n) is 6.94. The van der Waals surface area contributed by atoms with Crippen LogP contribution in [0.3, 0.4) is 0 Å². The highest BCUT2D eigenvalue weighted by Gasteiger charge is 2.25. The van der Waals surface area contributed by atoms with Crippen LogP contribution in [0.5, 0.6) is 5.75 Å². The number of hydrazone groups is 1. The van der Waals surface area contributed by atoms with Crippen molar-refractivity contribution in [3.05, 3.63) is 63.9 Å². The van der Waals surface area contributed by atoms with Gasteiger partial charge in [-0.3, -0.25) is 9.59 Å². The molecule has 30 heavy (non-hydrogen) atoms. The van der Waals surface area contributed by atoms with E-state index in [1.165, 1.54) is 24.4 Å². The first-order chi connectivity index (χ1) is 14.3. The summed E-state index contributed by atoms with van der Waals surface area (Å²) in [5.74, 6) is -1.40. The molecule has 0 aliphatic carbocycles. The third-order valence-corrected chi connectivity index (χ3v) is 4.66. The molecule has 2 aromatic rings. The Balaban J connectivity index is 2.08. The number of halogens is 2. The molecule has 6 nitrogen and oxygen atoms in total.